The first-order valence-corrected chi connectivity index (χ1v) is 20.1. The molecule has 2 bridgehead atoms. The molecule has 12 heteroatoms. The zero-order valence-corrected chi connectivity index (χ0v) is 31.3. The van der Waals surface area contributed by atoms with Crippen molar-refractivity contribution in [2.75, 3.05) is 6.54 Å². The van der Waals surface area contributed by atoms with E-state index >= 15 is 0 Å². The minimum absolute atomic E-state index is 0.0795. The number of rotatable bonds is 9. The van der Waals surface area contributed by atoms with Gasteiger partial charge in [0.1, 0.15) is 9.96 Å². The average molecular weight is 768 g/mol. The number of nitrogens with zero attached hydrogens (tertiary/aromatic N) is 1. The second-order valence-electron chi connectivity index (χ2n) is 14.5. The normalized spacial score (nSPS) is 24.0. The smallest absolute Gasteiger partial charge is 0.406 e. The van der Waals surface area contributed by atoms with E-state index < -0.39 is 39.3 Å². The molecular weight excluding hydrogens is 724 g/mol. The summed E-state index contributed by atoms with van der Waals surface area (Å²) in [5.74, 6) is -0.934. The Bertz CT molecular complexity index is 2030. The van der Waals surface area contributed by atoms with Crippen LogP contribution in [0.5, 0.6) is 5.75 Å². The van der Waals surface area contributed by atoms with E-state index in [0.717, 1.165) is 40.2 Å². The minimum atomic E-state index is -4.87. The van der Waals surface area contributed by atoms with Gasteiger partial charge in [-0.1, -0.05) is 79.2 Å². The van der Waals surface area contributed by atoms with Crippen LogP contribution in [0.15, 0.2) is 106 Å². The van der Waals surface area contributed by atoms with E-state index in [1.807, 2.05) is 38.1 Å². The Hall–Kier alpha value is -3.81. The standard InChI is InChI=1S/C41H44F3NO6S2/c1-28-8-6-21-39(2)36(34-19-15-30(24-32(46)16-12-28)25-35(34)38(47)31-9-4-3-5-10-31)20-22-40(39,48)27-45(53(49,50)37-11-7-23-52-37)26-29-13-17-33(18-14-29)51-41(42,43)44/h3-5,7-11,13-15,17-19,23,25,32,36,46,48H,6,12,16,20-22,24,26-27H2,1-2H3. The lowest BCUT2D eigenvalue weighted by atomic mass is 9.64. The number of carbonyl (C=O) groups excluding carboxylic acids is 1. The molecule has 7 nitrogen and oxygen atoms in total. The van der Waals surface area contributed by atoms with Crippen LogP contribution in [-0.4, -0.2) is 53.3 Å². The van der Waals surface area contributed by atoms with Gasteiger partial charge in [0.05, 0.1) is 11.7 Å². The van der Waals surface area contributed by atoms with Gasteiger partial charge in [0.2, 0.25) is 0 Å². The molecule has 3 aromatic carbocycles. The summed E-state index contributed by atoms with van der Waals surface area (Å²) >= 11 is 1.04. The van der Waals surface area contributed by atoms with Gasteiger partial charge in [-0.3, -0.25) is 4.79 Å². The third-order valence-corrected chi connectivity index (χ3v) is 14.2. The van der Waals surface area contributed by atoms with Crippen molar-refractivity contribution in [1.82, 2.24) is 4.31 Å². The number of ether oxygens (including phenoxy) is 1. The van der Waals surface area contributed by atoms with Gasteiger partial charge in [-0.05, 0) is 104 Å². The minimum Gasteiger partial charge on any atom is -0.406 e. The number of carbonyl (C=O) groups is 1. The fraction of sp³-hybridized carbons (Fsp3) is 0.390. The molecule has 1 saturated carbocycles. The lowest BCUT2D eigenvalue weighted by Crippen LogP contribution is -2.53. The van der Waals surface area contributed by atoms with Gasteiger partial charge in [0.15, 0.2) is 5.78 Å². The monoisotopic (exact) mass is 767 g/mol. The first-order chi connectivity index (χ1) is 25.1. The van der Waals surface area contributed by atoms with Crippen LogP contribution in [0, 0.1) is 5.41 Å². The van der Waals surface area contributed by atoms with Crippen LogP contribution < -0.4 is 4.74 Å². The Morgan fingerprint density at radius 2 is 1.74 bits per heavy atom. The number of hydrogen-bond acceptors (Lipinski definition) is 7. The second kappa shape index (κ2) is 15.5. The largest absolute Gasteiger partial charge is 0.573 e. The summed E-state index contributed by atoms with van der Waals surface area (Å²) in [5.41, 5.74) is 1.64. The topological polar surface area (TPSA) is 104 Å². The average Bonchev–Trinajstić information content (AvgIpc) is 3.75. The number of halogens is 3. The summed E-state index contributed by atoms with van der Waals surface area (Å²) in [6.07, 6.45) is 0.0390. The fourth-order valence-electron chi connectivity index (χ4n) is 8.00. The summed E-state index contributed by atoms with van der Waals surface area (Å²) in [7, 11) is -4.16. The number of ketones is 1. The van der Waals surface area contributed by atoms with Crippen molar-refractivity contribution in [1.29, 1.82) is 0 Å². The molecule has 53 heavy (non-hydrogen) atoms. The van der Waals surface area contributed by atoms with Crippen molar-refractivity contribution in [3.05, 3.63) is 130 Å². The predicted molar refractivity (Wildman–Crippen MR) is 198 cm³/mol. The number of thiophene rings is 1. The maximum Gasteiger partial charge on any atom is 0.573 e. The summed E-state index contributed by atoms with van der Waals surface area (Å²) < 4.78 is 72.4. The van der Waals surface area contributed by atoms with E-state index in [9.17, 15) is 36.6 Å². The van der Waals surface area contributed by atoms with Crippen LogP contribution >= 0.6 is 11.3 Å². The Morgan fingerprint density at radius 1 is 1.00 bits per heavy atom. The molecule has 7 rings (SSSR count). The third-order valence-electron chi connectivity index (χ3n) is 11.0. The maximum absolute atomic E-state index is 14.3. The molecule has 1 fully saturated rings. The Kier molecular flexibility index (Phi) is 11.4. The number of benzene rings is 3. The van der Waals surface area contributed by atoms with E-state index in [0.29, 0.717) is 55.2 Å². The van der Waals surface area contributed by atoms with Crippen LogP contribution in [0.25, 0.3) is 0 Å². The number of hydrogen-bond donors (Lipinski definition) is 2. The molecule has 4 unspecified atom stereocenters. The van der Waals surface area contributed by atoms with Crippen LogP contribution in [0.1, 0.15) is 90.9 Å². The SMILES string of the molecule is CC1=CCCC2(C)C(CCC2(O)CN(Cc2ccc(OC(F)(F)F)cc2)S(=O)(=O)c2cccs2)c2ccc(cc2C(=O)c2ccccc2)CC(O)CC1. The van der Waals surface area contributed by atoms with E-state index in [2.05, 4.69) is 10.8 Å². The Balaban J connectivity index is 1.43. The second-order valence-corrected chi connectivity index (χ2v) is 17.7. The molecule has 2 N–H and O–H groups in total. The van der Waals surface area contributed by atoms with Gasteiger partial charge >= 0.3 is 6.36 Å². The lowest BCUT2D eigenvalue weighted by molar-refractivity contribution is -0.274. The molecule has 3 aliphatic rings. The highest BCUT2D eigenvalue weighted by Crippen LogP contribution is 2.59. The van der Waals surface area contributed by atoms with Crippen LogP contribution in [0.2, 0.25) is 0 Å². The molecule has 3 aliphatic carbocycles. The van der Waals surface area contributed by atoms with Gasteiger partial charge in [0, 0.05) is 29.6 Å². The first kappa shape index (κ1) is 38.9. The molecule has 1 aromatic heterocycles. The molecule has 1 heterocycles. The molecule has 0 amide bonds. The molecule has 4 atom stereocenters. The summed E-state index contributed by atoms with van der Waals surface area (Å²) in [4.78, 5) is 14.2. The van der Waals surface area contributed by atoms with Crippen molar-refractivity contribution in [3.8, 4) is 5.75 Å². The molecule has 0 saturated heterocycles. The van der Waals surface area contributed by atoms with Crippen molar-refractivity contribution in [2.24, 2.45) is 5.41 Å². The van der Waals surface area contributed by atoms with E-state index in [1.54, 1.807) is 35.7 Å². The van der Waals surface area contributed by atoms with E-state index in [-0.39, 0.29) is 35.4 Å². The number of aliphatic hydroxyl groups excluding tert-OH is 1. The van der Waals surface area contributed by atoms with Gasteiger partial charge in [-0.15, -0.1) is 24.5 Å². The molecule has 282 valence electrons. The predicted octanol–water partition coefficient (Wildman–Crippen LogP) is 8.81. The van der Waals surface area contributed by atoms with Crippen molar-refractivity contribution < 1.29 is 41.3 Å². The number of fused-ring (bicyclic) bond motifs is 8. The number of allylic oxidation sites excluding steroid dienone is 2. The number of aliphatic hydroxyl groups is 2. The fourth-order valence-corrected chi connectivity index (χ4v) is 10.6. The highest BCUT2D eigenvalue weighted by Gasteiger charge is 2.58. The highest BCUT2D eigenvalue weighted by atomic mass is 32.2. The summed E-state index contributed by atoms with van der Waals surface area (Å²) in [6, 6.07) is 22.9. The van der Waals surface area contributed by atoms with Gasteiger partial charge in [0.25, 0.3) is 10.0 Å². The van der Waals surface area contributed by atoms with E-state index in [4.69, 9.17) is 0 Å². The maximum atomic E-state index is 14.3. The summed E-state index contributed by atoms with van der Waals surface area (Å²) in [5, 5.41) is 25.5. The Morgan fingerprint density at radius 3 is 2.42 bits per heavy atom. The zero-order chi connectivity index (χ0) is 38.0. The quantitative estimate of drug-likeness (QED) is 0.130. The van der Waals surface area contributed by atoms with Gasteiger partial charge in [-0.25, -0.2) is 8.42 Å². The van der Waals surface area contributed by atoms with Crippen LogP contribution in [0.4, 0.5) is 13.2 Å². The summed E-state index contributed by atoms with van der Waals surface area (Å²) in [6.45, 7) is 3.51. The van der Waals surface area contributed by atoms with Crippen molar-refractivity contribution in [2.45, 2.75) is 93.5 Å². The third kappa shape index (κ3) is 8.62. The van der Waals surface area contributed by atoms with Crippen LogP contribution in [0.3, 0.4) is 0 Å². The molecular formula is C41H44F3NO6S2. The number of alkyl halides is 3. The van der Waals surface area contributed by atoms with Gasteiger partial charge < -0.3 is 14.9 Å². The van der Waals surface area contributed by atoms with Gasteiger partial charge in [-0.2, -0.15) is 4.31 Å². The van der Waals surface area contributed by atoms with Crippen molar-refractivity contribution >= 4 is 27.1 Å². The highest BCUT2D eigenvalue weighted by molar-refractivity contribution is 7.91. The Labute approximate surface area is 312 Å². The van der Waals surface area contributed by atoms with E-state index in [1.165, 1.54) is 22.5 Å². The molecule has 0 aliphatic heterocycles. The van der Waals surface area contributed by atoms with Crippen molar-refractivity contribution in [3.63, 3.8) is 0 Å². The van der Waals surface area contributed by atoms with Crippen LogP contribution in [-0.2, 0) is 23.0 Å². The first-order valence-electron chi connectivity index (χ1n) is 17.7. The molecule has 0 spiro atoms. The zero-order valence-electron chi connectivity index (χ0n) is 29.7. The number of sulfonamides is 1. The lowest BCUT2D eigenvalue weighted by Gasteiger charge is -2.46. The molecule has 0 radical (unpaired) electrons. The molecule has 4 aromatic rings.